The highest BCUT2D eigenvalue weighted by molar-refractivity contribution is 6.01. The van der Waals surface area contributed by atoms with Gasteiger partial charge in [-0.3, -0.25) is 4.79 Å². The zero-order valence-corrected chi connectivity index (χ0v) is 14.3. The second-order valence-corrected chi connectivity index (χ2v) is 5.74. The van der Waals surface area contributed by atoms with E-state index in [9.17, 15) is 4.79 Å². The van der Waals surface area contributed by atoms with Crippen LogP contribution >= 0.6 is 0 Å². The van der Waals surface area contributed by atoms with Crippen LogP contribution in [-0.2, 0) is 4.79 Å². The number of nitrogens with one attached hydrogen (secondary N) is 1. The lowest BCUT2D eigenvalue weighted by Gasteiger charge is -2.04. The number of benzene rings is 2. The van der Waals surface area contributed by atoms with Crippen LogP contribution in [0, 0.1) is 0 Å². The van der Waals surface area contributed by atoms with Crippen molar-refractivity contribution in [3.05, 3.63) is 91.0 Å². The molecule has 2 heterocycles. The van der Waals surface area contributed by atoms with E-state index in [0.717, 1.165) is 16.9 Å². The van der Waals surface area contributed by atoms with Crippen molar-refractivity contribution in [3.63, 3.8) is 0 Å². The Bertz CT molecular complexity index is 1050. The standard InChI is InChI=1S/C20H16N6O/c27-20(24-17-7-9-19(10-8-17)26-21-12-13-22-26)11-6-16-14-23-25(15-16)18-4-2-1-3-5-18/h1-15H,(H,24,27)/b11-6+. The van der Waals surface area contributed by atoms with Gasteiger partial charge < -0.3 is 5.32 Å². The summed E-state index contributed by atoms with van der Waals surface area (Å²) in [7, 11) is 0. The lowest BCUT2D eigenvalue weighted by atomic mass is 10.2. The smallest absolute Gasteiger partial charge is 0.248 e. The monoisotopic (exact) mass is 356 g/mol. The van der Waals surface area contributed by atoms with Gasteiger partial charge in [0.2, 0.25) is 5.91 Å². The Morgan fingerprint density at radius 2 is 1.63 bits per heavy atom. The van der Waals surface area contributed by atoms with Gasteiger partial charge in [-0.25, -0.2) is 4.68 Å². The van der Waals surface area contributed by atoms with Crippen LogP contribution in [0.2, 0.25) is 0 Å². The first-order valence-corrected chi connectivity index (χ1v) is 8.34. The Hall–Kier alpha value is -4.00. The minimum Gasteiger partial charge on any atom is -0.323 e. The Morgan fingerprint density at radius 1 is 0.889 bits per heavy atom. The molecule has 2 aromatic heterocycles. The van der Waals surface area contributed by atoms with E-state index in [1.807, 2.05) is 48.7 Å². The van der Waals surface area contributed by atoms with Crippen LogP contribution in [0.15, 0.2) is 85.5 Å². The molecule has 0 unspecified atom stereocenters. The molecule has 1 amide bonds. The van der Waals surface area contributed by atoms with Gasteiger partial charge in [-0.1, -0.05) is 18.2 Å². The SMILES string of the molecule is O=C(/C=C/c1cnn(-c2ccccc2)c1)Nc1ccc(-n2nccn2)cc1. The summed E-state index contributed by atoms with van der Waals surface area (Å²) in [6.07, 6.45) is 10.0. The third-order valence-electron chi connectivity index (χ3n) is 3.83. The van der Waals surface area contributed by atoms with Crippen molar-refractivity contribution in [3.8, 4) is 11.4 Å². The lowest BCUT2D eigenvalue weighted by Crippen LogP contribution is -2.08. The summed E-state index contributed by atoms with van der Waals surface area (Å²) in [6, 6.07) is 17.1. The highest BCUT2D eigenvalue weighted by Crippen LogP contribution is 2.12. The van der Waals surface area contributed by atoms with Crippen LogP contribution in [0.3, 0.4) is 0 Å². The number of rotatable bonds is 5. The summed E-state index contributed by atoms with van der Waals surface area (Å²) in [6.45, 7) is 0. The third kappa shape index (κ3) is 3.98. The molecule has 0 atom stereocenters. The number of hydrogen-bond acceptors (Lipinski definition) is 4. The maximum absolute atomic E-state index is 12.1. The van der Waals surface area contributed by atoms with E-state index in [1.165, 1.54) is 10.9 Å². The molecule has 0 spiro atoms. The predicted molar refractivity (Wildman–Crippen MR) is 103 cm³/mol. The number of amides is 1. The van der Waals surface area contributed by atoms with E-state index in [1.54, 1.807) is 41.5 Å². The summed E-state index contributed by atoms with van der Waals surface area (Å²) in [4.78, 5) is 13.6. The minimum atomic E-state index is -0.215. The molecule has 7 heteroatoms. The first-order chi connectivity index (χ1) is 13.3. The van der Waals surface area contributed by atoms with Crippen LogP contribution in [-0.4, -0.2) is 30.7 Å². The van der Waals surface area contributed by atoms with Crippen LogP contribution in [0.4, 0.5) is 5.69 Å². The highest BCUT2D eigenvalue weighted by atomic mass is 16.1. The predicted octanol–water partition coefficient (Wildman–Crippen LogP) is 3.10. The molecule has 0 saturated heterocycles. The molecule has 132 valence electrons. The molecule has 0 aliphatic rings. The van der Waals surface area contributed by atoms with Gasteiger partial charge in [0.05, 0.1) is 30.0 Å². The lowest BCUT2D eigenvalue weighted by molar-refractivity contribution is -0.111. The maximum Gasteiger partial charge on any atom is 0.248 e. The molecular weight excluding hydrogens is 340 g/mol. The quantitative estimate of drug-likeness (QED) is 0.558. The maximum atomic E-state index is 12.1. The number of anilines is 1. The number of para-hydroxylation sites is 1. The van der Waals surface area contributed by atoms with Gasteiger partial charge in [0.25, 0.3) is 0 Å². The van der Waals surface area contributed by atoms with Gasteiger partial charge in [0.1, 0.15) is 0 Å². The fourth-order valence-electron chi connectivity index (χ4n) is 2.53. The summed E-state index contributed by atoms with van der Waals surface area (Å²) in [5.41, 5.74) is 3.32. The van der Waals surface area contributed by atoms with Gasteiger partial charge in [0, 0.05) is 23.5 Å². The summed E-state index contributed by atoms with van der Waals surface area (Å²) in [5, 5.41) is 15.2. The van der Waals surface area contributed by atoms with E-state index in [0.29, 0.717) is 5.69 Å². The molecule has 2 aromatic carbocycles. The number of carbonyl (C=O) groups excluding carboxylic acids is 1. The largest absolute Gasteiger partial charge is 0.323 e. The van der Waals surface area contributed by atoms with E-state index in [-0.39, 0.29) is 5.91 Å². The third-order valence-corrected chi connectivity index (χ3v) is 3.83. The fraction of sp³-hybridized carbons (Fsp3) is 0. The van der Waals surface area contributed by atoms with Crippen molar-refractivity contribution in [2.75, 3.05) is 5.32 Å². The second kappa shape index (κ2) is 7.49. The van der Waals surface area contributed by atoms with Crippen LogP contribution < -0.4 is 5.32 Å². The van der Waals surface area contributed by atoms with Crippen molar-refractivity contribution >= 4 is 17.7 Å². The van der Waals surface area contributed by atoms with Crippen molar-refractivity contribution in [1.82, 2.24) is 24.8 Å². The molecule has 7 nitrogen and oxygen atoms in total. The first kappa shape index (κ1) is 16.5. The summed E-state index contributed by atoms with van der Waals surface area (Å²) >= 11 is 0. The molecule has 0 saturated carbocycles. The average Bonchev–Trinajstić information content (AvgIpc) is 3.40. The Balaban J connectivity index is 1.38. The average molecular weight is 356 g/mol. The van der Waals surface area contributed by atoms with Gasteiger partial charge in [-0.15, -0.1) is 0 Å². The normalized spacial score (nSPS) is 11.0. The van der Waals surface area contributed by atoms with E-state index in [2.05, 4.69) is 20.6 Å². The molecule has 0 aliphatic heterocycles. The number of nitrogens with zero attached hydrogens (tertiary/aromatic N) is 5. The van der Waals surface area contributed by atoms with Crippen molar-refractivity contribution in [2.45, 2.75) is 0 Å². The highest BCUT2D eigenvalue weighted by Gasteiger charge is 2.02. The first-order valence-electron chi connectivity index (χ1n) is 8.34. The van der Waals surface area contributed by atoms with Crippen LogP contribution in [0.25, 0.3) is 17.5 Å². The molecule has 4 aromatic rings. The zero-order valence-electron chi connectivity index (χ0n) is 14.3. The van der Waals surface area contributed by atoms with E-state index < -0.39 is 0 Å². The minimum absolute atomic E-state index is 0.215. The second-order valence-electron chi connectivity index (χ2n) is 5.74. The van der Waals surface area contributed by atoms with Crippen molar-refractivity contribution in [2.24, 2.45) is 0 Å². The molecule has 0 bridgehead atoms. The molecule has 27 heavy (non-hydrogen) atoms. The summed E-state index contributed by atoms with van der Waals surface area (Å²) < 4.78 is 1.76. The Labute approximate surface area is 155 Å². The van der Waals surface area contributed by atoms with E-state index >= 15 is 0 Å². The fourth-order valence-corrected chi connectivity index (χ4v) is 2.53. The number of aromatic nitrogens is 5. The molecule has 4 rings (SSSR count). The van der Waals surface area contributed by atoms with Gasteiger partial charge >= 0.3 is 0 Å². The van der Waals surface area contributed by atoms with E-state index in [4.69, 9.17) is 0 Å². The Morgan fingerprint density at radius 3 is 2.37 bits per heavy atom. The topological polar surface area (TPSA) is 77.6 Å². The number of hydrogen-bond donors (Lipinski definition) is 1. The van der Waals surface area contributed by atoms with Crippen molar-refractivity contribution in [1.29, 1.82) is 0 Å². The van der Waals surface area contributed by atoms with Gasteiger partial charge in [-0.2, -0.15) is 20.1 Å². The molecule has 0 fully saturated rings. The molecule has 1 N–H and O–H groups in total. The van der Waals surface area contributed by atoms with Crippen LogP contribution in [0.5, 0.6) is 0 Å². The van der Waals surface area contributed by atoms with Crippen molar-refractivity contribution < 1.29 is 4.79 Å². The number of carbonyl (C=O) groups is 1. The zero-order chi connectivity index (χ0) is 18.5. The van der Waals surface area contributed by atoms with Crippen LogP contribution in [0.1, 0.15) is 5.56 Å². The van der Waals surface area contributed by atoms with Gasteiger partial charge in [0.15, 0.2) is 0 Å². The molecular formula is C20H16N6O. The summed E-state index contributed by atoms with van der Waals surface area (Å²) in [5.74, 6) is -0.215. The molecule has 0 aliphatic carbocycles. The molecule has 0 radical (unpaired) electrons. The Kier molecular flexibility index (Phi) is 4.57. The van der Waals surface area contributed by atoms with Gasteiger partial charge in [-0.05, 0) is 42.5 Å².